The monoisotopic (exact) mass is 826 g/mol. The second kappa shape index (κ2) is 15.0. The minimum Gasteiger partial charge on any atom is -0.245 e. The second-order valence-electron chi connectivity index (χ2n) is 16.8. The molecule has 0 bridgehead atoms. The van der Waals surface area contributed by atoms with Crippen molar-refractivity contribution >= 4 is 65.0 Å². The first kappa shape index (κ1) is 36.9. The maximum Gasteiger partial charge on any atom is 0.101 e. The van der Waals surface area contributed by atoms with Crippen molar-refractivity contribution in [1.82, 2.24) is 19.7 Å². The van der Waals surface area contributed by atoms with Gasteiger partial charge in [0.05, 0.1) is 33.6 Å². The molecule has 0 atom stereocenters. The highest BCUT2D eigenvalue weighted by Gasteiger charge is 2.22. The van der Waals surface area contributed by atoms with E-state index in [1.54, 1.807) is 0 Å². The van der Waals surface area contributed by atoms with Gasteiger partial charge in [0.2, 0.25) is 0 Å². The summed E-state index contributed by atoms with van der Waals surface area (Å²) in [6.07, 6.45) is 0. The first-order valence-electron chi connectivity index (χ1n) is 22.1. The number of para-hydroxylation sites is 1. The first-order valence-corrected chi connectivity index (χ1v) is 22.1. The van der Waals surface area contributed by atoms with E-state index in [0.717, 1.165) is 88.7 Å². The molecular weight excluding hydrogens is 789 g/mol. The van der Waals surface area contributed by atoms with E-state index in [-0.39, 0.29) is 0 Å². The van der Waals surface area contributed by atoms with Gasteiger partial charge in [-0.15, -0.1) is 0 Å². The lowest BCUT2D eigenvalue weighted by molar-refractivity contribution is 0.918. The predicted octanol–water partition coefficient (Wildman–Crippen LogP) is 15.9. The van der Waals surface area contributed by atoms with Crippen molar-refractivity contribution in [2.24, 2.45) is 0 Å². The molecule has 4 nitrogen and oxygen atoms in total. The van der Waals surface area contributed by atoms with Gasteiger partial charge in [-0.25, -0.2) is 14.6 Å². The number of pyridine rings is 2. The Morgan fingerprint density at radius 2 is 0.831 bits per heavy atom. The Morgan fingerprint density at radius 1 is 0.308 bits per heavy atom. The van der Waals surface area contributed by atoms with E-state index in [2.05, 4.69) is 229 Å². The summed E-state index contributed by atoms with van der Waals surface area (Å²) in [7, 11) is 0. The molecular formula is C61H38N4. The maximum absolute atomic E-state index is 5.41. The normalized spacial score (nSPS) is 11.7. The molecule has 13 aromatic rings. The average Bonchev–Trinajstić information content (AvgIpc) is 3.80. The van der Waals surface area contributed by atoms with Gasteiger partial charge in [0.1, 0.15) is 5.69 Å². The highest BCUT2D eigenvalue weighted by Crippen LogP contribution is 2.44. The van der Waals surface area contributed by atoms with Crippen LogP contribution < -0.4 is 0 Å². The van der Waals surface area contributed by atoms with Crippen LogP contribution >= 0.6 is 0 Å². The average molecular weight is 827 g/mol. The summed E-state index contributed by atoms with van der Waals surface area (Å²) in [6.45, 7) is 0. The number of nitrogens with zero attached hydrogens (tertiary/aromatic N) is 4. The zero-order valence-corrected chi connectivity index (χ0v) is 35.2. The van der Waals surface area contributed by atoms with E-state index in [1.807, 2.05) is 6.07 Å². The van der Waals surface area contributed by atoms with E-state index in [9.17, 15) is 0 Å². The topological polar surface area (TPSA) is 43.6 Å². The van der Waals surface area contributed by atoms with Crippen molar-refractivity contribution in [3.05, 3.63) is 231 Å². The van der Waals surface area contributed by atoms with Crippen molar-refractivity contribution in [2.45, 2.75) is 0 Å². The van der Waals surface area contributed by atoms with Crippen molar-refractivity contribution in [1.29, 1.82) is 0 Å². The molecule has 0 aliphatic rings. The predicted molar refractivity (Wildman–Crippen MR) is 271 cm³/mol. The molecule has 302 valence electrons. The van der Waals surface area contributed by atoms with Gasteiger partial charge in [-0.3, -0.25) is 0 Å². The second-order valence-corrected chi connectivity index (χ2v) is 16.8. The zero-order chi connectivity index (χ0) is 42.8. The summed E-state index contributed by atoms with van der Waals surface area (Å²) in [5, 5.41) is 15.8. The standard InChI is InChI=1S/C61H38N4/c1-5-14-39(15-6-1)53-38-54-49(22-13-23-52(54)61-57(53)58(41-18-9-3-10-19-41)64-65(61)48-20-11-4-12-21-48)46-28-32-50-44(36-46)26-27-45-37-47(29-33-51(45)50)56-35-31-43-25-24-42-30-34-55(40-16-7-2-8-17-40)62-59(42)60(43)63-56/h1-38H. The van der Waals surface area contributed by atoms with Crippen molar-refractivity contribution in [3.8, 4) is 61.7 Å². The van der Waals surface area contributed by atoms with Crippen LogP contribution in [0.4, 0.5) is 0 Å². The SMILES string of the molecule is c1ccc(-c2ccc3ccc4ccc(-c5ccc6c(ccc7cc(-c8cccc9c8cc(-c8ccccc8)c8c(-c%10ccccc%10)nn(-c%10ccccc%10)c89)ccc76)c5)nc4c3n2)cc1. The van der Waals surface area contributed by atoms with Gasteiger partial charge >= 0.3 is 0 Å². The molecule has 0 aliphatic heterocycles. The quantitative estimate of drug-likeness (QED) is 0.157. The lowest BCUT2D eigenvalue weighted by atomic mass is 9.89. The third-order valence-corrected chi connectivity index (χ3v) is 13.0. The fourth-order valence-corrected chi connectivity index (χ4v) is 9.81. The molecule has 13 rings (SSSR count). The number of fused-ring (bicyclic) bond motifs is 9. The minimum atomic E-state index is 0.912. The smallest absolute Gasteiger partial charge is 0.101 e. The van der Waals surface area contributed by atoms with Crippen LogP contribution in [-0.4, -0.2) is 19.7 Å². The molecule has 65 heavy (non-hydrogen) atoms. The van der Waals surface area contributed by atoms with E-state index >= 15 is 0 Å². The van der Waals surface area contributed by atoms with Gasteiger partial charge < -0.3 is 0 Å². The molecule has 0 saturated carbocycles. The summed E-state index contributed by atoms with van der Waals surface area (Å²) < 4.78 is 2.14. The van der Waals surface area contributed by atoms with Crippen LogP contribution in [0.25, 0.3) is 127 Å². The summed E-state index contributed by atoms with van der Waals surface area (Å²) in [6, 6.07) is 82.2. The Balaban J connectivity index is 0.945. The van der Waals surface area contributed by atoms with Crippen LogP contribution in [0.5, 0.6) is 0 Å². The number of aromatic nitrogens is 4. The molecule has 3 aromatic heterocycles. The number of rotatable bonds is 6. The molecule has 0 unspecified atom stereocenters. The summed E-state index contributed by atoms with van der Waals surface area (Å²) in [5.74, 6) is 0. The van der Waals surface area contributed by atoms with E-state index < -0.39 is 0 Å². The molecule has 0 N–H and O–H groups in total. The van der Waals surface area contributed by atoms with E-state index in [0.29, 0.717) is 0 Å². The fourth-order valence-electron chi connectivity index (χ4n) is 9.81. The van der Waals surface area contributed by atoms with Crippen molar-refractivity contribution in [2.75, 3.05) is 0 Å². The maximum atomic E-state index is 5.41. The van der Waals surface area contributed by atoms with Gasteiger partial charge in [0.25, 0.3) is 0 Å². The van der Waals surface area contributed by atoms with Gasteiger partial charge in [0.15, 0.2) is 0 Å². The highest BCUT2D eigenvalue weighted by molar-refractivity contribution is 6.20. The molecule has 3 heterocycles. The van der Waals surface area contributed by atoms with E-state index in [4.69, 9.17) is 15.1 Å². The zero-order valence-electron chi connectivity index (χ0n) is 35.2. The number of benzene rings is 10. The largest absolute Gasteiger partial charge is 0.245 e. The first-order chi connectivity index (χ1) is 32.2. The van der Waals surface area contributed by atoms with Gasteiger partial charge in [0, 0.05) is 38.2 Å². The van der Waals surface area contributed by atoms with Crippen LogP contribution in [0.1, 0.15) is 0 Å². The van der Waals surface area contributed by atoms with Gasteiger partial charge in [-0.2, -0.15) is 5.10 Å². The van der Waals surface area contributed by atoms with Crippen LogP contribution in [0, 0.1) is 0 Å². The highest BCUT2D eigenvalue weighted by atomic mass is 15.3. The van der Waals surface area contributed by atoms with Crippen molar-refractivity contribution < 1.29 is 0 Å². The number of hydrogen-bond acceptors (Lipinski definition) is 3. The lowest BCUT2D eigenvalue weighted by Gasteiger charge is -2.15. The minimum absolute atomic E-state index is 0.912. The molecule has 0 amide bonds. The Hall–Kier alpha value is -8.73. The molecule has 4 heteroatoms. The van der Waals surface area contributed by atoms with Crippen LogP contribution in [0.2, 0.25) is 0 Å². The summed E-state index contributed by atoms with van der Waals surface area (Å²) >= 11 is 0. The summed E-state index contributed by atoms with van der Waals surface area (Å²) in [4.78, 5) is 10.4. The third-order valence-electron chi connectivity index (χ3n) is 13.0. The van der Waals surface area contributed by atoms with Crippen LogP contribution in [0.15, 0.2) is 231 Å². The van der Waals surface area contributed by atoms with Gasteiger partial charge in [-0.1, -0.05) is 188 Å². The molecule has 0 aliphatic carbocycles. The molecule has 0 saturated heterocycles. The molecule has 0 fully saturated rings. The Labute approximate surface area is 375 Å². The van der Waals surface area contributed by atoms with Gasteiger partial charge in [-0.05, 0) is 91.6 Å². The van der Waals surface area contributed by atoms with Crippen molar-refractivity contribution in [3.63, 3.8) is 0 Å². The fraction of sp³-hybridized carbons (Fsp3) is 0. The molecule has 0 spiro atoms. The Kier molecular flexibility index (Phi) is 8.50. The summed E-state index contributed by atoms with van der Waals surface area (Å²) in [5.41, 5.74) is 14.7. The molecule has 0 radical (unpaired) electrons. The van der Waals surface area contributed by atoms with Crippen LogP contribution in [0.3, 0.4) is 0 Å². The number of hydrogen-bond donors (Lipinski definition) is 0. The Bertz CT molecular complexity index is 3970. The van der Waals surface area contributed by atoms with Crippen LogP contribution in [-0.2, 0) is 0 Å². The van der Waals surface area contributed by atoms with E-state index in [1.165, 1.54) is 38.1 Å². The Morgan fingerprint density at radius 3 is 1.48 bits per heavy atom. The lowest BCUT2D eigenvalue weighted by Crippen LogP contribution is -1.97. The third kappa shape index (κ3) is 6.18. The molecule has 10 aromatic carbocycles.